The van der Waals surface area contributed by atoms with Gasteiger partial charge in [-0.1, -0.05) is 0 Å². The average Bonchev–Trinajstić information content (AvgIpc) is 2.48. The fraction of sp³-hybridized carbons (Fsp3) is 0.0714. The Morgan fingerprint density at radius 1 is 0.960 bits per heavy atom. The minimum Gasteiger partial charge on any atom is -0.506 e. The van der Waals surface area contributed by atoms with E-state index in [1.807, 2.05) is 0 Å². The second kappa shape index (κ2) is 6.54. The summed E-state index contributed by atoms with van der Waals surface area (Å²) in [5, 5.41) is 11.0. The second-order valence-corrected chi connectivity index (χ2v) is 5.64. The van der Waals surface area contributed by atoms with Crippen molar-refractivity contribution in [1.29, 1.82) is 0 Å². The van der Waals surface area contributed by atoms with Gasteiger partial charge in [-0.15, -0.1) is 0 Å². The molecule has 0 unspecified atom stereocenters. The molecule has 0 heterocycles. The molecule has 0 aliphatic heterocycles. The van der Waals surface area contributed by atoms with Crippen molar-refractivity contribution in [2.75, 3.05) is 5.32 Å². The Labute approximate surface area is 143 Å². The van der Waals surface area contributed by atoms with E-state index in [0.717, 1.165) is 0 Å². The van der Waals surface area contributed by atoms with Crippen LogP contribution >= 0.6 is 15.9 Å². The van der Waals surface area contributed by atoms with Crippen LogP contribution in [0, 0.1) is 29.1 Å². The fourth-order valence-corrected chi connectivity index (χ4v) is 1.96. The number of hydrogen-bond acceptors (Lipinski definition) is 2. The van der Waals surface area contributed by atoms with Crippen molar-refractivity contribution in [3.05, 3.63) is 47.3 Å². The first-order valence-corrected chi connectivity index (χ1v) is 6.96. The Kier molecular flexibility index (Phi) is 4.98. The Hall–Kier alpha value is -2.30. The minimum absolute atomic E-state index is 0.0507. The lowest BCUT2D eigenvalue weighted by Crippen LogP contribution is -2.28. The Morgan fingerprint density at radius 3 is 2.12 bits per heavy atom. The summed E-state index contributed by atoms with van der Waals surface area (Å²) in [5.74, 6) is -12.2. The second-order valence-electron chi connectivity index (χ2n) is 4.64. The van der Waals surface area contributed by atoms with Gasteiger partial charge in [0.05, 0.1) is 11.3 Å². The standard InChI is InChI=1S/C14H5BrF7NO2/c15-14(21,22)13(25)23-8-1-4(5(16)3-9(8)24)10-6(17)2-7(18)11(19)12(10)20/h1-3,24H,(H,23,25). The third-order valence-electron chi connectivity index (χ3n) is 2.97. The smallest absolute Gasteiger partial charge is 0.378 e. The molecule has 0 aliphatic rings. The van der Waals surface area contributed by atoms with Gasteiger partial charge >= 0.3 is 10.7 Å². The zero-order valence-corrected chi connectivity index (χ0v) is 13.2. The number of amides is 1. The summed E-state index contributed by atoms with van der Waals surface area (Å²) in [6.45, 7) is 0. The predicted octanol–water partition coefficient (Wildman–Crippen LogP) is 4.68. The molecule has 25 heavy (non-hydrogen) atoms. The Morgan fingerprint density at radius 2 is 1.56 bits per heavy atom. The van der Waals surface area contributed by atoms with Crippen molar-refractivity contribution in [3.8, 4) is 16.9 Å². The van der Waals surface area contributed by atoms with Crippen molar-refractivity contribution < 1.29 is 40.6 Å². The maximum atomic E-state index is 13.9. The molecule has 2 rings (SSSR count). The molecule has 3 nitrogen and oxygen atoms in total. The van der Waals surface area contributed by atoms with Gasteiger partial charge in [-0.3, -0.25) is 4.79 Å². The van der Waals surface area contributed by atoms with Crippen LogP contribution in [0.25, 0.3) is 11.1 Å². The highest BCUT2D eigenvalue weighted by atomic mass is 79.9. The van der Waals surface area contributed by atoms with Gasteiger partial charge in [0.1, 0.15) is 17.4 Å². The molecule has 0 radical (unpaired) electrons. The van der Waals surface area contributed by atoms with E-state index in [-0.39, 0.29) is 12.1 Å². The number of hydrogen-bond donors (Lipinski definition) is 2. The maximum absolute atomic E-state index is 13.9. The zero-order chi connectivity index (χ0) is 19.1. The highest BCUT2D eigenvalue weighted by Gasteiger charge is 2.35. The van der Waals surface area contributed by atoms with Crippen LogP contribution in [0.1, 0.15) is 0 Å². The third kappa shape index (κ3) is 3.70. The van der Waals surface area contributed by atoms with E-state index in [9.17, 15) is 40.6 Å². The molecule has 2 N–H and O–H groups in total. The first kappa shape index (κ1) is 19.0. The molecule has 0 saturated heterocycles. The van der Waals surface area contributed by atoms with Gasteiger partial charge in [0.2, 0.25) is 0 Å². The maximum Gasteiger partial charge on any atom is 0.378 e. The summed E-state index contributed by atoms with van der Waals surface area (Å²) in [5.41, 5.74) is -3.23. The van der Waals surface area contributed by atoms with Crippen LogP contribution in [0.5, 0.6) is 5.75 Å². The minimum atomic E-state index is -4.06. The molecule has 0 aliphatic carbocycles. The first-order valence-electron chi connectivity index (χ1n) is 6.17. The molecule has 0 saturated carbocycles. The number of halogens is 8. The molecule has 0 aromatic heterocycles. The quantitative estimate of drug-likeness (QED) is 0.243. The molecule has 0 atom stereocenters. The monoisotopic (exact) mass is 431 g/mol. The highest BCUT2D eigenvalue weighted by molar-refractivity contribution is 9.10. The van der Waals surface area contributed by atoms with Crippen molar-refractivity contribution in [2.24, 2.45) is 0 Å². The number of carbonyl (C=O) groups excluding carboxylic acids is 1. The van der Waals surface area contributed by atoms with Crippen molar-refractivity contribution in [3.63, 3.8) is 0 Å². The number of alkyl halides is 3. The van der Waals surface area contributed by atoms with E-state index in [1.54, 1.807) is 15.9 Å². The number of rotatable bonds is 3. The molecular weight excluding hydrogens is 427 g/mol. The summed E-state index contributed by atoms with van der Waals surface area (Å²) >= 11 is 1.73. The van der Waals surface area contributed by atoms with Crippen LogP contribution in [0.2, 0.25) is 0 Å². The molecule has 134 valence electrons. The fourth-order valence-electron chi connectivity index (χ4n) is 1.86. The lowest BCUT2D eigenvalue weighted by atomic mass is 10.0. The van der Waals surface area contributed by atoms with Gasteiger partial charge in [-0.2, -0.15) is 8.78 Å². The number of phenols is 1. The highest BCUT2D eigenvalue weighted by Crippen LogP contribution is 2.37. The normalized spacial score (nSPS) is 11.5. The van der Waals surface area contributed by atoms with Gasteiger partial charge in [-0.25, -0.2) is 22.0 Å². The lowest BCUT2D eigenvalue weighted by molar-refractivity contribution is -0.128. The topological polar surface area (TPSA) is 49.3 Å². The molecule has 2 aromatic rings. The van der Waals surface area contributed by atoms with Crippen molar-refractivity contribution >= 4 is 27.5 Å². The summed E-state index contributed by atoms with van der Waals surface area (Å²) < 4.78 is 93.2. The third-order valence-corrected chi connectivity index (χ3v) is 3.33. The molecule has 11 heteroatoms. The number of carbonyl (C=O) groups is 1. The number of phenolic OH excluding ortho intramolecular Hbond substituents is 1. The van der Waals surface area contributed by atoms with Crippen LogP contribution in [0.3, 0.4) is 0 Å². The number of benzene rings is 2. The van der Waals surface area contributed by atoms with Crippen LogP contribution in [-0.4, -0.2) is 15.8 Å². The average molecular weight is 432 g/mol. The Bertz CT molecular complexity index is 867. The van der Waals surface area contributed by atoms with E-state index in [0.29, 0.717) is 6.07 Å². The predicted molar refractivity (Wildman–Crippen MR) is 75.8 cm³/mol. The summed E-state index contributed by atoms with van der Waals surface area (Å²) in [6.07, 6.45) is 0. The summed E-state index contributed by atoms with van der Waals surface area (Å²) in [6, 6.07) is 0.586. The molecule has 1 amide bonds. The number of aromatic hydroxyl groups is 1. The van der Waals surface area contributed by atoms with Crippen molar-refractivity contribution in [2.45, 2.75) is 4.83 Å². The van der Waals surface area contributed by atoms with Gasteiger partial charge in [0.25, 0.3) is 0 Å². The van der Waals surface area contributed by atoms with Crippen LogP contribution in [0.15, 0.2) is 18.2 Å². The molecule has 0 fully saturated rings. The van der Waals surface area contributed by atoms with Crippen LogP contribution in [0.4, 0.5) is 36.4 Å². The molecular formula is C14H5BrF7NO2. The summed E-state index contributed by atoms with van der Waals surface area (Å²) in [4.78, 5) is 7.12. The Balaban J connectivity index is 2.63. The molecule has 2 aromatic carbocycles. The number of anilines is 1. The molecule has 0 spiro atoms. The van der Waals surface area contributed by atoms with Gasteiger partial charge in [0.15, 0.2) is 17.5 Å². The van der Waals surface area contributed by atoms with E-state index < -0.39 is 62.4 Å². The van der Waals surface area contributed by atoms with Gasteiger partial charge in [0, 0.05) is 33.6 Å². The van der Waals surface area contributed by atoms with E-state index in [1.165, 1.54) is 5.32 Å². The first-order chi connectivity index (χ1) is 11.4. The van der Waals surface area contributed by atoms with Gasteiger partial charge < -0.3 is 10.4 Å². The van der Waals surface area contributed by atoms with Crippen molar-refractivity contribution in [1.82, 2.24) is 0 Å². The van der Waals surface area contributed by atoms with Crippen LogP contribution in [-0.2, 0) is 4.79 Å². The summed E-state index contributed by atoms with van der Waals surface area (Å²) in [7, 11) is 0. The SMILES string of the molecule is O=C(Nc1cc(-c2c(F)cc(F)c(F)c2F)c(F)cc1O)C(F)(F)Br. The van der Waals surface area contributed by atoms with E-state index >= 15 is 0 Å². The van der Waals surface area contributed by atoms with E-state index in [4.69, 9.17) is 0 Å². The largest absolute Gasteiger partial charge is 0.506 e. The lowest BCUT2D eigenvalue weighted by Gasteiger charge is -2.14. The molecule has 0 bridgehead atoms. The van der Waals surface area contributed by atoms with Gasteiger partial charge in [-0.05, 0) is 6.07 Å². The number of nitrogens with one attached hydrogen (secondary N) is 1. The van der Waals surface area contributed by atoms with E-state index in [2.05, 4.69) is 0 Å². The van der Waals surface area contributed by atoms with Crippen LogP contribution < -0.4 is 5.32 Å². The zero-order valence-electron chi connectivity index (χ0n) is 11.6.